The van der Waals surface area contributed by atoms with Gasteiger partial charge in [-0.25, -0.2) is 4.79 Å². The van der Waals surface area contributed by atoms with Gasteiger partial charge in [0.2, 0.25) is 0 Å². The zero-order chi connectivity index (χ0) is 20.1. The molecule has 3 rings (SSSR count). The molecule has 0 saturated carbocycles. The first-order valence-corrected chi connectivity index (χ1v) is 9.09. The molecular weight excluding hydrogens is 358 g/mol. The molecule has 28 heavy (non-hydrogen) atoms. The first-order chi connectivity index (χ1) is 13.5. The number of aryl methyl sites for hydroxylation is 2. The van der Waals surface area contributed by atoms with Crippen molar-refractivity contribution in [2.24, 2.45) is 0 Å². The molecule has 6 nitrogen and oxygen atoms in total. The van der Waals surface area contributed by atoms with E-state index in [1.165, 1.54) is 7.11 Å². The quantitative estimate of drug-likeness (QED) is 0.516. The molecule has 0 saturated heterocycles. The smallest absolute Gasteiger partial charge is 0.338 e. The van der Waals surface area contributed by atoms with Crippen LogP contribution in [0.1, 0.15) is 35.2 Å². The molecule has 146 valence electrons. The van der Waals surface area contributed by atoms with Crippen LogP contribution in [0.5, 0.6) is 17.2 Å². The van der Waals surface area contributed by atoms with Gasteiger partial charge in [-0.1, -0.05) is 24.2 Å². The highest BCUT2D eigenvalue weighted by molar-refractivity contribution is 5.90. The molecule has 0 spiro atoms. The minimum absolute atomic E-state index is 0.374. The Morgan fingerprint density at radius 1 is 1.04 bits per heavy atom. The number of hydrogen-bond acceptors (Lipinski definition) is 6. The summed E-state index contributed by atoms with van der Waals surface area (Å²) in [5, 5.41) is 3.99. The molecule has 0 amide bonds. The van der Waals surface area contributed by atoms with E-state index in [0.717, 1.165) is 29.0 Å². The van der Waals surface area contributed by atoms with E-state index in [1.807, 2.05) is 45.0 Å². The second-order valence-corrected chi connectivity index (χ2v) is 6.36. The second kappa shape index (κ2) is 8.61. The third-order valence-corrected chi connectivity index (χ3v) is 4.19. The monoisotopic (exact) mass is 381 g/mol. The molecule has 0 aliphatic heterocycles. The first kappa shape index (κ1) is 19.5. The lowest BCUT2D eigenvalue weighted by atomic mass is 10.0. The van der Waals surface area contributed by atoms with Crippen LogP contribution in [0.15, 0.2) is 47.0 Å². The number of nitrogens with zero attached hydrogens (tertiary/aromatic N) is 1. The van der Waals surface area contributed by atoms with Crippen LogP contribution in [-0.2, 0) is 4.74 Å². The molecule has 0 radical (unpaired) electrons. The molecule has 0 N–H and O–H groups in total. The Labute approximate surface area is 164 Å². The van der Waals surface area contributed by atoms with E-state index in [9.17, 15) is 4.79 Å². The number of rotatable bonds is 7. The fraction of sp³-hybridized carbons (Fsp3) is 0.273. The van der Waals surface area contributed by atoms with Crippen molar-refractivity contribution >= 4 is 5.97 Å². The van der Waals surface area contributed by atoms with Crippen LogP contribution in [-0.4, -0.2) is 24.8 Å². The van der Waals surface area contributed by atoms with Gasteiger partial charge in [0.15, 0.2) is 0 Å². The number of aromatic nitrogens is 1. The van der Waals surface area contributed by atoms with Crippen molar-refractivity contribution in [2.45, 2.75) is 27.2 Å². The first-order valence-electron chi connectivity index (χ1n) is 9.09. The number of benzene rings is 2. The SMILES string of the molecule is CCCOc1cc(Oc2ccc(-c3c(C)noc3C)cc2)cc(C(=O)OC)c1. The molecule has 0 fully saturated rings. The van der Waals surface area contributed by atoms with Crippen LogP contribution in [0.25, 0.3) is 11.1 Å². The highest BCUT2D eigenvalue weighted by atomic mass is 16.5. The maximum Gasteiger partial charge on any atom is 0.338 e. The summed E-state index contributed by atoms with van der Waals surface area (Å²) < 4.78 is 21.6. The third kappa shape index (κ3) is 4.34. The van der Waals surface area contributed by atoms with E-state index >= 15 is 0 Å². The topological polar surface area (TPSA) is 70.8 Å². The number of methoxy groups -OCH3 is 1. The van der Waals surface area contributed by atoms with Crippen LogP contribution >= 0.6 is 0 Å². The largest absolute Gasteiger partial charge is 0.493 e. The van der Waals surface area contributed by atoms with E-state index in [4.69, 9.17) is 18.7 Å². The summed E-state index contributed by atoms with van der Waals surface area (Å²) in [6, 6.07) is 12.6. The van der Waals surface area contributed by atoms with Gasteiger partial charge in [-0.3, -0.25) is 0 Å². The average molecular weight is 381 g/mol. The molecule has 0 bridgehead atoms. The zero-order valence-corrected chi connectivity index (χ0v) is 16.4. The predicted octanol–water partition coefficient (Wildman–Crippen LogP) is 5.33. The molecule has 0 aliphatic rings. The molecule has 0 unspecified atom stereocenters. The molecular formula is C22H23NO5. The zero-order valence-electron chi connectivity index (χ0n) is 16.4. The minimum atomic E-state index is -0.444. The van der Waals surface area contributed by atoms with Gasteiger partial charge >= 0.3 is 5.97 Å². The average Bonchev–Trinajstić information content (AvgIpc) is 3.04. The van der Waals surface area contributed by atoms with Gasteiger partial charge < -0.3 is 18.7 Å². The van der Waals surface area contributed by atoms with Gasteiger partial charge in [0.05, 0.1) is 25.0 Å². The van der Waals surface area contributed by atoms with Crippen LogP contribution < -0.4 is 9.47 Å². The Balaban J connectivity index is 1.85. The Kier molecular flexibility index (Phi) is 5.99. The van der Waals surface area contributed by atoms with E-state index in [-0.39, 0.29) is 0 Å². The van der Waals surface area contributed by atoms with Gasteiger partial charge in [-0.15, -0.1) is 0 Å². The van der Waals surface area contributed by atoms with Gasteiger partial charge in [0, 0.05) is 11.6 Å². The van der Waals surface area contributed by atoms with Crippen molar-refractivity contribution in [2.75, 3.05) is 13.7 Å². The van der Waals surface area contributed by atoms with Crippen LogP contribution in [0.2, 0.25) is 0 Å². The highest BCUT2D eigenvalue weighted by Crippen LogP contribution is 2.31. The van der Waals surface area contributed by atoms with Crippen molar-refractivity contribution in [1.29, 1.82) is 0 Å². The summed E-state index contributed by atoms with van der Waals surface area (Å²) in [5.74, 6) is 2.03. The minimum Gasteiger partial charge on any atom is -0.493 e. The summed E-state index contributed by atoms with van der Waals surface area (Å²) in [6.07, 6.45) is 0.863. The predicted molar refractivity (Wildman–Crippen MR) is 105 cm³/mol. The van der Waals surface area contributed by atoms with Crippen molar-refractivity contribution < 1.29 is 23.5 Å². The third-order valence-electron chi connectivity index (χ3n) is 4.19. The maximum absolute atomic E-state index is 11.9. The lowest BCUT2D eigenvalue weighted by Crippen LogP contribution is -2.03. The molecule has 2 aromatic carbocycles. The molecule has 3 aromatic rings. The summed E-state index contributed by atoms with van der Waals surface area (Å²) in [5.41, 5.74) is 3.20. The van der Waals surface area contributed by atoms with Crippen molar-refractivity contribution in [1.82, 2.24) is 5.16 Å². The number of ether oxygens (including phenoxy) is 3. The standard InChI is InChI=1S/C22H23NO5/c1-5-10-26-19-11-17(22(24)25-4)12-20(13-19)27-18-8-6-16(7-9-18)21-14(2)23-28-15(21)3/h6-9,11-13H,5,10H2,1-4H3. The summed E-state index contributed by atoms with van der Waals surface area (Å²) >= 11 is 0. The van der Waals surface area contributed by atoms with Crippen molar-refractivity contribution in [3.8, 4) is 28.4 Å². The van der Waals surface area contributed by atoms with Gasteiger partial charge in [0.25, 0.3) is 0 Å². The summed E-state index contributed by atoms with van der Waals surface area (Å²) in [4.78, 5) is 11.9. The van der Waals surface area contributed by atoms with E-state index < -0.39 is 5.97 Å². The second-order valence-electron chi connectivity index (χ2n) is 6.36. The van der Waals surface area contributed by atoms with Gasteiger partial charge in [-0.05, 0) is 50.1 Å². The maximum atomic E-state index is 11.9. The van der Waals surface area contributed by atoms with Crippen molar-refractivity contribution in [3.63, 3.8) is 0 Å². The molecule has 0 atom stereocenters. The number of carbonyl (C=O) groups excluding carboxylic acids is 1. The molecule has 1 aromatic heterocycles. The summed E-state index contributed by atoms with van der Waals surface area (Å²) in [7, 11) is 1.34. The molecule has 0 aliphatic carbocycles. The van der Waals surface area contributed by atoms with E-state index in [0.29, 0.717) is 29.4 Å². The summed E-state index contributed by atoms with van der Waals surface area (Å²) in [6.45, 7) is 6.36. The lowest BCUT2D eigenvalue weighted by Gasteiger charge is -2.11. The molecule has 1 heterocycles. The van der Waals surface area contributed by atoms with Gasteiger partial charge in [-0.2, -0.15) is 0 Å². The van der Waals surface area contributed by atoms with Gasteiger partial charge in [0.1, 0.15) is 23.0 Å². The van der Waals surface area contributed by atoms with E-state index in [1.54, 1.807) is 18.2 Å². The number of carbonyl (C=O) groups is 1. The fourth-order valence-corrected chi connectivity index (χ4v) is 2.89. The lowest BCUT2D eigenvalue weighted by molar-refractivity contribution is 0.0600. The highest BCUT2D eigenvalue weighted by Gasteiger charge is 2.13. The van der Waals surface area contributed by atoms with Crippen LogP contribution in [0.4, 0.5) is 0 Å². The fourth-order valence-electron chi connectivity index (χ4n) is 2.89. The Hall–Kier alpha value is -3.28. The normalized spacial score (nSPS) is 10.6. The van der Waals surface area contributed by atoms with Crippen LogP contribution in [0.3, 0.4) is 0 Å². The molecule has 6 heteroatoms. The Morgan fingerprint density at radius 2 is 1.75 bits per heavy atom. The van der Waals surface area contributed by atoms with Crippen molar-refractivity contribution in [3.05, 3.63) is 59.5 Å². The van der Waals surface area contributed by atoms with Crippen LogP contribution in [0, 0.1) is 13.8 Å². The number of esters is 1. The van der Waals surface area contributed by atoms with E-state index in [2.05, 4.69) is 5.16 Å². The Bertz CT molecular complexity index is 940. The number of hydrogen-bond donors (Lipinski definition) is 0. The Morgan fingerprint density at radius 3 is 2.36 bits per heavy atom.